The number of halogens is 1. The molecule has 6 nitrogen and oxygen atoms in total. The second-order valence-electron chi connectivity index (χ2n) is 7.14. The Bertz CT molecular complexity index is 1100. The summed E-state index contributed by atoms with van der Waals surface area (Å²) < 4.78 is 13.4. The van der Waals surface area contributed by atoms with Crippen molar-refractivity contribution < 1.29 is 9.18 Å². The van der Waals surface area contributed by atoms with Crippen LogP contribution < -0.4 is 15.8 Å². The molecule has 1 unspecified atom stereocenters. The van der Waals surface area contributed by atoms with Gasteiger partial charge >= 0.3 is 0 Å². The Hall–Kier alpha value is -3.22. The fourth-order valence-electron chi connectivity index (χ4n) is 3.83. The average Bonchev–Trinajstić information content (AvgIpc) is 2.68. The largest absolute Gasteiger partial charge is 0.369 e. The number of aromatic nitrogens is 2. The minimum Gasteiger partial charge on any atom is -0.369 e. The number of aromatic amines is 1. The number of fused-ring (bicyclic) bond motifs is 1. The molecular weight excluding hydrogens is 359 g/mol. The smallest absolute Gasteiger partial charge is 0.272 e. The summed E-state index contributed by atoms with van der Waals surface area (Å²) in [4.78, 5) is 26.9. The van der Waals surface area contributed by atoms with Crippen LogP contribution in [0.4, 0.5) is 10.1 Å². The molecule has 2 aromatic carbocycles. The van der Waals surface area contributed by atoms with Gasteiger partial charge in [0.25, 0.3) is 11.5 Å². The molecule has 1 aliphatic rings. The first-order valence-electron chi connectivity index (χ1n) is 9.32. The van der Waals surface area contributed by atoms with E-state index in [1.807, 2.05) is 6.92 Å². The number of nitrogens with zero attached hydrogens (tertiary/aromatic N) is 2. The Morgan fingerprint density at radius 1 is 1.25 bits per heavy atom. The highest BCUT2D eigenvalue weighted by Crippen LogP contribution is 2.24. The molecule has 0 saturated carbocycles. The van der Waals surface area contributed by atoms with Crippen molar-refractivity contribution in [1.82, 2.24) is 15.5 Å². The van der Waals surface area contributed by atoms with E-state index in [0.29, 0.717) is 17.3 Å². The average molecular weight is 380 g/mol. The van der Waals surface area contributed by atoms with Crippen molar-refractivity contribution in [2.24, 2.45) is 0 Å². The van der Waals surface area contributed by atoms with Crippen molar-refractivity contribution in [2.45, 2.75) is 25.8 Å². The van der Waals surface area contributed by atoms with Crippen molar-refractivity contribution in [2.75, 3.05) is 18.0 Å². The molecule has 1 saturated heterocycles. The molecule has 7 heteroatoms. The number of hydrogen-bond donors (Lipinski definition) is 2. The van der Waals surface area contributed by atoms with E-state index in [9.17, 15) is 14.0 Å². The summed E-state index contributed by atoms with van der Waals surface area (Å²) in [5.41, 5.74) is 1.75. The lowest BCUT2D eigenvalue weighted by atomic mass is 10.0. The lowest BCUT2D eigenvalue weighted by Gasteiger charge is -2.35. The number of benzene rings is 2. The summed E-state index contributed by atoms with van der Waals surface area (Å²) in [5, 5.41) is 10.4. The number of anilines is 1. The number of H-pyrrole nitrogens is 1. The van der Waals surface area contributed by atoms with E-state index >= 15 is 0 Å². The minimum absolute atomic E-state index is 0.0572. The number of carbonyl (C=O) groups excluding carboxylic acids is 1. The molecule has 4 rings (SSSR count). The van der Waals surface area contributed by atoms with Crippen molar-refractivity contribution in [3.05, 3.63) is 69.9 Å². The Labute approximate surface area is 161 Å². The van der Waals surface area contributed by atoms with Gasteiger partial charge in [-0.1, -0.05) is 18.2 Å². The second-order valence-corrected chi connectivity index (χ2v) is 7.14. The molecule has 2 heterocycles. The maximum Gasteiger partial charge on any atom is 0.272 e. The van der Waals surface area contributed by atoms with Crippen LogP contribution in [0, 0.1) is 12.7 Å². The molecule has 0 aliphatic carbocycles. The molecule has 1 amide bonds. The second kappa shape index (κ2) is 7.42. The summed E-state index contributed by atoms with van der Waals surface area (Å²) in [7, 11) is 0. The zero-order valence-electron chi connectivity index (χ0n) is 15.5. The monoisotopic (exact) mass is 380 g/mol. The first kappa shape index (κ1) is 18.2. The van der Waals surface area contributed by atoms with Crippen molar-refractivity contribution in [3.8, 4) is 0 Å². The predicted molar refractivity (Wildman–Crippen MR) is 106 cm³/mol. The zero-order valence-corrected chi connectivity index (χ0v) is 15.5. The van der Waals surface area contributed by atoms with Crippen LogP contribution in [0.1, 0.15) is 28.9 Å². The van der Waals surface area contributed by atoms with Crippen LogP contribution in [-0.2, 0) is 0 Å². The van der Waals surface area contributed by atoms with Gasteiger partial charge in [0.05, 0.1) is 5.39 Å². The van der Waals surface area contributed by atoms with E-state index in [0.717, 1.165) is 30.6 Å². The van der Waals surface area contributed by atoms with Gasteiger partial charge in [-0.25, -0.2) is 9.49 Å². The van der Waals surface area contributed by atoms with Crippen molar-refractivity contribution >= 4 is 22.4 Å². The number of hydrogen-bond acceptors (Lipinski definition) is 4. The normalized spacial score (nSPS) is 16.9. The predicted octanol–water partition coefficient (Wildman–Crippen LogP) is 2.77. The zero-order chi connectivity index (χ0) is 19.7. The van der Waals surface area contributed by atoms with Crippen LogP contribution in [0.15, 0.2) is 47.3 Å². The van der Waals surface area contributed by atoms with Crippen LogP contribution in [-0.4, -0.2) is 35.2 Å². The third kappa shape index (κ3) is 3.47. The SMILES string of the molecule is Cc1cc(F)ccc1N1CCCC(NC(=O)c2n[nH]c(=O)c3ccccc23)C1. The number of piperidine rings is 1. The summed E-state index contributed by atoms with van der Waals surface area (Å²) in [6, 6.07) is 11.6. The van der Waals surface area contributed by atoms with Gasteiger partial charge in [0.1, 0.15) is 5.82 Å². The molecule has 0 spiro atoms. The molecule has 0 bridgehead atoms. The molecule has 28 heavy (non-hydrogen) atoms. The number of rotatable bonds is 3. The summed E-state index contributed by atoms with van der Waals surface area (Å²) >= 11 is 0. The van der Waals surface area contributed by atoms with E-state index in [-0.39, 0.29) is 29.0 Å². The fourth-order valence-corrected chi connectivity index (χ4v) is 3.83. The molecule has 144 valence electrons. The Morgan fingerprint density at radius 3 is 2.82 bits per heavy atom. The third-order valence-electron chi connectivity index (χ3n) is 5.17. The van der Waals surface area contributed by atoms with Crippen LogP contribution in [0.2, 0.25) is 0 Å². The van der Waals surface area contributed by atoms with Crippen LogP contribution in [0.3, 0.4) is 0 Å². The van der Waals surface area contributed by atoms with Gasteiger partial charge < -0.3 is 10.2 Å². The molecule has 1 fully saturated rings. The number of nitrogens with one attached hydrogen (secondary N) is 2. The van der Waals surface area contributed by atoms with E-state index in [1.165, 1.54) is 12.1 Å². The van der Waals surface area contributed by atoms with Gasteiger partial charge in [-0.3, -0.25) is 9.59 Å². The van der Waals surface area contributed by atoms with Crippen molar-refractivity contribution in [3.63, 3.8) is 0 Å². The molecule has 1 atom stereocenters. The molecular formula is C21H21FN4O2. The Balaban J connectivity index is 1.54. The number of aryl methyl sites for hydroxylation is 1. The Kier molecular flexibility index (Phi) is 4.81. The molecule has 3 aromatic rings. The number of carbonyl (C=O) groups is 1. The molecule has 1 aromatic heterocycles. The first-order valence-corrected chi connectivity index (χ1v) is 9.32. The van der Waals surface area contributed by atoms with E-state index < -0.39 is 0 Å². The third-order valence-corrected chi connectivity index (χ3v) is 5.17. The highest BCUT2D eigenvalue weighted by molar-refractivity contribution is 6.04. The summed E-state index contributed by atoms with van der Waals surface area (Å²) in [6.45, 7) is 3.38. The standard InChI is InChI=1S/C21H21FN4O2/c1-13-11-14(22)8-9-18(13)26-10-4-5-15(12-26)23-21(28)19-16-6-2-3-7-17(16)20(27)25-24-19/h2-3,6-9,11,15H,4-5,10,12H2,1H3,(H,23,28)(H,25,27). The highest BCUT2D eigenvalue weighted by atomic mass is 19.1. The molecule has 1 aliphatic heterocycles. The van der Waals surface area contributed by atoms with E-state index in [1.54, 1.807) is 30.3 Å². The quantitative estimate of drug-likeness (QED) is 0.732. The van der Waals surface area contributed by atoms with Crippen molar-refractivity contribution in [1.29, 1.82) is 0 Å². The van der Waals surface area contributed by atoms with E-state index in [2.05, 4.69) is 20.4 Å². The lowest BCUT2D eigenvalue weighted by Crippen LogP contribution is -2.48. The van der Waals surface area contributed by atoms with Crippen LogP contribution in [0.25, 0.3) is 10.8 Å². The molecule has 2 N–H and O–H groups in total. The highest BCUT2D eigenvalue weighted by Gasteiger charge is 2.24. The van der Waals surface area contributed by atoms with Gasteiger partial charge in [-0.05, 0) is 49.6 Å². The van der Waals surface area contributed by atoms with Crippen LogP contribution >= 0.6 is 0 Å². The van der Waals surface area contributed by atoms with E-state index in [4.69, 9.17) is 0 Å². The van der Waals surface area contributed by atoms with Gasteiger partial charge in [0.15, 0.2) is 5.69 Å². The molecule has 0 radical (unpaired) electrons. The first-order chi connectivity index (χ1) is 13.5. The summed E-state index contributed by atoms with van der Waals surface area (Å²) in [6.07, 6.45) is 1.77. The lowest BCUT2D eigenvalue weighted by molar-refractivity contribution is 0.0929. The van der Waals surface area contributed by atoms with Gasteiger partial charge in [-0.15, -0.1) is 0 Å². The van der Waals surface area contributed by atoms with Gasteiger partial charge in [0.2, 0.25) is 0 Å². The fraction of sp³-hybridized carbons (Fsp3) is 0.286. The maximum absolute atomic E-state index is 13.4. The Morgan fingerprint density at radius 2 is 2.04 bits per heavy atom. The van der Waals surface area contributed by atoms with Gasteiger partial charge in [-0.2, -0.15) is 5.10 Å². The maximum atomic E-state index is 13.4. The van der Waals surface area contributed by atoms with Crippen LogP contribution in [0.5, 0.6) is 0 Å². The topological polar surface area (TPSA) is 78.1 Å². The summed E-state index contributed by atoms with van der Waals surface area (Å²) in [5.74, 6) is -0.561. The van der Waals surface area contributed by atoms with Gasteiger partial charge in [0, 0.05) is 30.2 Å². The number of amides is 1. The minimum atomic E-state index is -0.317.